The van der Waals surface area contributed by atoms with Gasteiger partial charge >= 0.3 is 0 Å². The predicted octanol–water partition coefficient (Wildman–Crippen LogP) is 1.11. The molecular formula is C10H14N2. The number of pyridine rings is 1. The molecule has 1 aromatic heterocycles. The fraction of sp³-hybridized carbons (Fsp3) is 0.500. The summed E-state index contributed by atoms with van der Waals surface area (Å²) in [5.41, 5.74) is 2.91. The van der Waals surface area contributed by atoms with Crippen molar-refractivity contribution in [3.8, 4) is 0 Å². The van der Waals surface area contributed by atoms with Crippen LogP contribution >= 0.6 is 0 Å². The molecule has 2 heteroatoms. The summed E-state index contributed by atoms with van der Waals surface area (Å²) in [4.78, 5) is 6.52. The molecule has 0 aliphatic carbocycles. The maximum absolute atomic E-state index is 4.15. The Balaban J connectivity index is 2.26. The topological polar surface area (TPSA) is 16.1 Å². The van der Waals surface area contributed by atoms with Crippen LogP contribution in [0.5, 0.6) is 0 Å². The number of rotatable bonds is 0. The van der Waals surface area contributed by atoms with Gasteiger partial charge in [-0.05, 0) is 37.1 Å². The van der Waals surface area contributed by atoms with E-state index in [9.17, 15) is 0 Å². The molecule has 0 saturated carbocycles. The van der Waals surface area contributed by atoms with Gasteiger partial charge < -0.3 is 4.90 Å². The van der Waals surface area contributed by atoms with Gasteiger partial charge in [-0.15, -0.1) is 0 Å². The predicted molar refractivity (Wildman–Crippen MR) is 49.1 cm³/mol. The molecule has 64 valence electrons. The van der Waals surface area contributed by atoms with Gasteiger partial charge in [-0.1, -0.05) is 0 Å². The molecule has 0 aromatic carbocycles. The molecule has 1 aromatic rings. The van der Waals surface area contributed by atoms with E-state index in [1.807, 2.05) is 12.4 Å². The van der Waals surface area contributed by atoms with Gasteiger partial charge in [0, 0.05) is 25.5 Å². The highest BCUT2D eigenvalue weighted by Crippen LogP contribution is 2.12. The van der Waals surface area contributed by atoms with Crippen molar-refractivity contribution in [1.82, 2.24) is 9.88 Å². The van der Waals surface area contributed by atoms with E-state index in [4.69, 9.17) is 0 Å². The quantitative estimate of drug-likeness (QED) is 0.568. The fourth-order valence-electron chi connectivity index (χ4n) is 1.66. The SMILES string of the molecule is CN1CCc2ccncc2CC1. The summed E-state index contributed by atoms with van der Waals surface area (Å²) in [6.07, 6.45) is 6.23. The van der Waals surface area contributed by atoms with Crippen LogP contribution in [0, 0.1) is 0 Å². The lowest BCUT2D eigenvalue weighted by atomic mass is 10.1. The van der Waals surface area contributed by atoms with E-state index in [1.165, 1.54) is 30.6 Å². The fourth-order valence-corrected chi connectivity index (χ4v) is 1.66. The van der Waals surface area contributed by atoms with Crippen LogP contribution in [0.3, 0.4) is 0 Å². The summed E-state index contributed by atoms with van der Waals surface area (Å²) in [6, 6.07) is 2.15. The van der Waals surface area contributed by atoms with E-state index >= 15 is 0 Å². The van der Waals surface area contributed by atoms with Crippen molar-refractivity contribution >= 4 is 0 Å². The number of fused-ring (bicyclic) bond motifs is 1. The molecule has 0 N–H and O–H groups in total. The number of hydrogen-bond acceptors (Lipinski definition) is 2. The number of aromatic nitrogens is 1. The maximum atomic E-state index is 4.15. The van der Waals surface area contributed by atoms with Gasteiger partial charge in [0.25, 0.3) is 0 Å². The monoisotopic (exact) mass is 162 g/mol. The first-order valence-electron chi connectivity index (χ1n) is 4.46. The summed E-state index contributed by atoms with van der Waals surface area (Å²) < 4.78 is 0. The van der Waals surface area contributed by atoms with E-state index in [1.54, 1.807) is 0 Å². The minimum Gasteiger partial charge on any atom is -0.306 e. The third kappa shape index (κ3) is 1.48. The number of nitrogens with zero attached hydrogens (tertiary/aromatic N) is 2. The van der Waals surface area contributed by atoms with Gasteiger partial charge in [-0.3, -0.25) is 4.98 Å². The van der Waals surface area contributed by atoms with Crippen LogP contribution in [0.25, 0.3) is 0 Å². The van der Waals surface area contributed by atoms with Crippen molar-refractivity contribution < 1.29 is 0 Å². The summed E-state index contributed by atoms with van der Waals surface area (Å²) >= 11 is 0. The van der Waals surface area contributed by atoms with E-state index in [-0.39, 0.29) is 0 Å². The summed E-state index contributed by atoms with van der Waals surface area (Å²) in [6.45, 7) is 2.34. The number of hydrogen-bond donors (Lipinski definition) is 0. The lowest BCUT2D eigenvalue weighted by Crippen LogP contribution is -2.20. The molecule has 2 rings (SSSR count). The third-order valence-corrected chi connectivity index (χ3v) is 2.53. The van der Waals surface area contributed by atoms with Crippen LogP contribution in [0.4, 0.5) is 0 Å². The molecule has 0 saturated heterocycles. The van der Waals surface area contributed by atoms with Gasteiger partial charge in [0.05, 0.1) is 0 Å². The molecule has 0 spiro atoms. The second-order valence-electron chi connectivity index (χ2n) is 3.45. The molecule has 12 heavy (non-hydrogen) atoms. The molecule has 2 heterocycles. The van der Waals surface area contributed by atoms with Crippen molar-refractivity contribution in [1.29, 1.82) is 0 Å². The van der Waals surface area contributed by atoms with Crippen LogP contribution in [0.15, 0.2) is 18.5 Å². The van der Waals surface area contributed by atoms with Gasteiger partial charge in [0.1, 0.15) is 0 Å². The van der Waals surface area contributed by atoms with E-state index < -0.39 is 0 Å². The zero-order valence-corrected chi connectivity index (χ0v) is 7.45. The van der Waals surface area contributed by atoms with Gasteiger partial charge in [0.15, 0.2) is 0 Å². The molecule has 0 radical (unpaired) electrons. The minimum atomic E-state index is 1.15. The number of likely N-dealkylation sites (N-methyl/N-ethyl adjacent to an activating group) is 1. The summed E-state index contributed by atoms with van der Waals surface area (Å²) in [5.74, 6) is 0. The minimum absolute atomic E-state index is 1.15. The second-order valence-corrected chi connectivity index (χ2v) is 3.45. The highest BCUT2D eigenvalue weighted by Gasteiger charge is 2.09. The molecule has 0 atom stereocenters. The molecule has 0 amide bonds. The molecule has 1 aliphatic rings. The van der Waals surface area contributed by atoms with E-state index in [0.29, 0.717) is 0 Å². The lowest BCUT2D eigenvalue weighted by Gasteiger charge is -2.10. The molecule has 2 nitrogen and oxygen atoms in total. The van der Waals surface area contributed by atoms with Crippen LogP contribution in [-0.4, -0.2) is 30.0 Å². The van der Waals surface area contributed by atoms with Crippen LogP contribution in [0.2, 0.25) is 0 Å². The standard InChI is InChI=1S/C10H14N2/c1-12-6-3-9-2-5-11-8-10(9)4-7-12/h2,5,8H,3-4,6-7H2,1H3. The molecule has 0 unspecified atom stereocenters. The Labute approximate surface area is 73.2 Å². The van der Waals surface area contributed by atoms with E-state index in [2.05, 4.69) is 23.0 Å². The molecule has 0 bridgehead atoms. The molecule has 1 aliphatic heterocycles. The Hall–Kier alpha value is -0.890. The van der Waals surface area contributed by atoms with Gasteiger partial charge in [-0.25, -0.2) is 0 Å². The van der Waals surface area contributed by atoms with Crippen LogP contribution < -0.4 is 0 Å². The zero-order valence-electron chi connectivity index (χ0n) is 7.45. The summed E-state index contributed by atoms with van der Waals surface area (Å²) in [5, 5.41) is 0. The Morgan fingerprint density at radius 2 is 2.00 bits per heavy atom. The van der Waals surface area contributed by atoms with E-state index in [0.717, 1.165) is 6.42 Å². The smallest absolute Gasteiger partial charge is 0.0303 e. The first kappa shape index (κ1) is 7.74. The van der Waals surface area contributed by atoms with Crippen molar-refractivity contribution in [3.05, 3.63) is 29.6 Å². The van der Waals surface area contributed by atoms with Gasteiger partial charge in [0.2, 0.25) is 0 Å². The second kappa shape index (κ2) is 3.23. The molecule has 0 fully saturated rings. The Morgan fingerprint density at radius 3 is 2.83 bits per heavy atom. The largest absolute Gasteiger partial charge is 0.306 e. The average molecular weight is 162 g/mol. The zero-order chi connectivity index (χ0) is 8.39. The van der Waals surface area contributed by atoms with Crippen molar-refractivity contribution in [2.24, 2.45) is 0 Å². The summed E-state index contributed by atoms with van der Waals surface area (Å²) in [7, 11) is 2.18. The maximum Gasteiger partial charge on any atom is 0.0303 e. The van der Waals surface area contributed by atoms with Gasteiger partial charge in [-0.2, -0.15) is 0 Å². The highest BCUT2D eigenvalue weighted by molar-refractivity contribution is 5.24. The first-order valence-corrected chi connectivity index (χ1v) is 4.46. The normalized spacial score (nSPS) is 18.4. The van der Waals surface area contributed by atoms with Crippen molar-refractivity contribution in [2.75, 3.05) is 20.1 Å². The Morgan fingerprint density at radius 1 is 1.25 bits per heavy atom. The third-order valence-electron chi connectivity index (χ3n) is 2.53. The molecular weight excluding hydrogens is 148 g/mol. The van der Waals surface area contributed by atoms with Crippen LogP contribution in [-0.2, 0) is 12.8 Å². The first-order chi connectivity index (χ1) is 5.86. The highest BCUT2D eigenvalue weighted by atomic mass is 15.1. The van der Waals surface area contributed by atoms with Crippen molar-refractivity contribution in [3.63, 3.8) is 0 Å². The lowest BCUT2D eigenvalue weighted by molar-refractivity contribution is 0.352. The Kier molecular flexibility index (Phi) is 2.09. The van der Waals surface area contributed by atoms with Crippen molar-refractivity contribution in [2.45, 2.75) is 12.8 Å². The van der Waals surface area contributed by atoms with Crippen LogP contribution in [0.1, 0.15) is 11.1 Å². The average Bonchev–Trinajstić information content (AvgIpc) is 2.29. The Bertz CT molecular complexity index is 243.